The molecule has 1 radical (unpaired) electrons. The standard InChI is InChI=1S/C15H33O3Si2/c1-3-5-13-16-20(17-14-6-4-2)18-19-15-11-9-7-8-10-12-15/h15H,3-14,19H2,1-2H3. The van der Waals surface area contributed by atoms with Gasteiger partial charge in [-0.25, -0.2) is 0 Å². The van der Waals surface area contributed by atoms with Gasteiger partial charge in [0, 0.05) is 13.2 Å². The molecule has 0 heterocycles. The van der Waals surface area contributed by atoms with Gasteiger partial charge in [-0.05, 0) is 18.4 Å². The molecular weight excluding hydrogens is 284 g/mol. The molecule has 0 aromatic rings. The van der Waals surface area contributed by atoms with Gasteiger partial charge in [-0.15, -0.1) is 0 Å². The molecule has 0 bridgehead atoms. The highest BCUT2D eigenvalue weighted by molar-refractivity contribution is 6.48. The molecule has 20 heavy (non-hydrogen) atoms. The molecule has 0 spiro atoms. The van der Waals surface area contributed by atoms with Gasteiger partial charge in [0.1, 0.15) is 0 Å². The van der Waals surface area contributed by atoms with Crippen LogP contribution in [0, 0.1) is 0 Å². The first-order valence-electron chi connectivity index (χ1n) is 8.62. The number of hydrogen-bond donors (Lipinski definition) is 0. The molecule has 1 saturated carbocycles. The zero-order valence-corrected chi connectivity index (χ0v) is 15.9. The molecule has 1 fully saturated rings. The minimum atomic E-state index is -1.44. The lowest BCUT2D eigenvalue weighted by Crippen LogP contribution is -2.31. The molecule has 0 atom stereocenters. The molecule has 0 saturated heterocycles. The van der Waals surface area contributed by atoms with Crippen LogP contribution in [0.3, 0.4) is 0 Å². The fraction of sp³-hybridized carbons (Fsp3) is 1.00. The topological polar surface area (TPSA) is 27.7 Å². The van der Waals surface area contributed by atoms with Crippen LogP contribution < -0.4 is 0 Å². The van der Waals surface area contributed by atoms with Gasteiger partial charge in [0.2, 0.25) is 0 Å². The molecule has 0 N–H and O–H groups in total. The normalized spacial score (nSPS) is 18.1. The monoisotopic (exact) mass is 317 g/mol. The molecule has 5 heteroatoms. The lowest BCUT2D eigenvalue weighted by molar-refractivity contribution is 0.137. The Morgan fingerprint density at radius 1 is 0.900 bits per heavy atom. The van der Waals surface area contributed by atoms with Crippen LogP contribution in [0.1, 0.15) is 78.1 Å². The summed E-state index contributed by atoms with van der Waals surface area (Å²) >= 11 is 0. The summed E-state index contributed by atoms with van der Waals surface area (Å²) in [5.41, 5.74) is 0.863. The van der Waals surface area contributed by atoms with Crippen molar-refractivity contribution in [2.45, 2.75) is 83.6 Å². The van der Waals surface area contributed by atoms with E-state index in [2.05, 4.69) is 13.8 Å². The predicted molar refractivity (Wildman–Crippen MR) is 88.6 cm³/mol. The lowest BCUT2D eigenvalue weighted by atomic mass is 10.2. The maximum atomic E-state index is 6.13. The summed E-state index contributed by atoms with van der Waals surface area (Å²) in [4.78, 5) is 0. The van der Waals surface area contributed by atoms with Gasteiger partial charge >= 0.3 is 9.53 Å². The van der Waals surface area contributed by atoms with Crippen LogP contribution in [-0.2, 0) is 13.0 Å². The van der Waals surface area contributed by atoms with Crippen LogP contribution in [0.25, 0.3) is 0 Å². The molecule has 1 aliphatic carbocycles. The molecule has 0 aliphatic heterocycles. The Labute approximate surface area is 129 Å². The molecule has 1 aliphatic rings. The summed E-state index contributed by atoms with van der Waals surface area (Å²) < 4.78 is 17.8. The Bertz CT molecular complexity index is 199. The third kappa shape index (κ3) is 9.29. The zero-order valence-electron chi connectivity index (χ0n) is 13.5. The fourth-order valence-corrected chi connectivity index (χ4v) is 6.21. The molecule has 0 amide bonds. The van der Waals surface area contributed by atoms with Crippen LogP contribution in [0.2, 0.25) is 5.54 Å². The molecule has 0 aromatic heterocycles. The smallest absolute Gasteiger partial charge is 0.419 e. The summed E-state index contributed by atoms with van der Waals surface area (Å²) in [7, 11) is -1.92. The summed E-state index contributed by atoms with van der Waals surface area (Å²) in [5, 5.41) is 0. The van der Waals surface area contributed by atoms with Crippen LogP contribution in [0.5, 0.6) is 0 Å². The van der Waals surface area contributed by atoms with Crippen molar-refractivity contribution < 1.29 is 13.0 Å². The van der Waals surface area contributed by atoms with Crippen LogP contribution in [-0.4, -0.2) is 32.5 Å². The summed E-state index contributed by atoms with van der Waals surface area (Å²) in [6, 6.07) is 0. The van der Waals surface area contributed by atoms with Crippen molar-refractivity contribution in [3.8, 4) is 0 Å². The van der Waals surface area contributed by atoms with Crippen LogP contribution in [0.4, 0.5) is 0 Å². The van der Waals surface area contributed by atoms with E-state index in [4.69, 9.17) is 13.0 Å². The van der Waals surface area contributed by atoms with Gasteiger partial charge in [-0.1, -0.05) is 65.2 Å². The SMILES string of the molecule is CCCCO[Si](OCCCC)O[SiH2]C1CCCCCC1. The average molecular weight is 318 g/mol. The molecule has 1 rings (SSSR count). The number of hydrogen-bond acceptors (Lipinski definition) is 3. The third-order valence-corrected chi connectivity index (χ3v) is 7.62. The van der Waals surface area contributed by atoms with Gasteiger partial charge in [-0.2, -0.15) is 0 Å². The Kier molecular flexibility index (Phi) is 11.9. The van der Waals surface area contributed by atoms with Crippen molar-refractivity contribution >= 4 is 19.3 Å². The van der Waals surface area contributed by atoms with E-state index in [0.717, 1.165) is 31.6 Å². The van der Waals surface area contributed by atoms with E-state index in [-0.39, 0.29) is 0 Å². The fourth-order valence-electron chi connectivity index (χ4n) is 2.44. The molecule has 0 unspecified atom stereocenters. The van der Waals surface area contributed by atoms with E-state index < -0.39 is 19.3 Å². The molecule has 119 valence electrons. The van der Waals surface area contributed by atoms with Crippen molar-refractivity contribution in [1.29, 1.82) is 0 Å². The van der Waals surface area contributed by atoms with Crippen molar-refractivity contribution in [3.05, 3.63) is 0 Å². The second-order valence-corrected chi connectivity index (χ2v) is 9.54. The van der Waals surface area contributed by atoms with Crippen LogP contribution >= 0.6 is 0 Å². The maximum absolute atomic E-state index is 6.13. The van der Waals surface area contributed by atoms with Gasteiger partial charge in [-0.3, -0.25) is 0 Å². The highest BCUT2D eigenvalue weighted by Crippen LogP contribution is 2.26. The van der Waals surface area contributed by atoms with E-state index in [0.29, 0.717) is 0 Å². The van der Waals surface area contributed by atoms with E-state index in [9.17, 15) is 0 Å². The van der Waals surface area contributed by atoms with E-state index in [1.165, 1.54) is 51.4 Å². The Hall–Kier alpha value is 0.314. The van der Waals surface area contributed by atoms with Gasteiger partial charge < -0.3 is 13.0 Å². The summed E-state index contributed by atoms with van der Waals surface area (Å²) in [6.07, 6.45) is 13.0. The minimum absolute atomic E-state index is 0.477. The van der Waals surface area contributed by atoms with E-state index in [1.807, 2.05) is 0 Å². The summed E-state index contributed by atoms with van der Waals surface area (Å²) in [6.45, 7) is 5.98. The highest BCUT2D eigenvalue weighted by atomic mass is 28.4. The Morgan fingerprint density at radius 3 is 1.95 bits per heavy atom. The second kappa shape index (κ2) is 13.0. The Balaban J connectivity index is 2.21. The molecule has 0 aromatic carbocycles. The number of rotatable bonds is 11. The first kappa shape index (κ1) is 18.4. The van der Waals surface area contributed by atoms with Gasteiger partial charge in [0.15, 0.2) is 9.76 Å². The van der Waals surface area contributed by atoms with Gasteiger partial charge in [0.05, 0.1) is 0 Å². The second-order valence-electron chi connectivity index (χ2n) is 5.82. The van der Waals surface area contributed by atoms with Crippen molar-refractivity contribution in [2.24, 2.45) is 0 Å². The molecule has 3 nitrogen and oxygen atoms in total. The third-order valence-electron chi connectivity index (χ3n) is 3.85. The molecular formula is C15H33O3Si2. The van der Waals surface area contributed by atoms with E-state index >= 15 is 0 Å². The maximum Gasteiger partial charge on any atom is 0.566 e. The number of unbranched alkanes of at least 4 members (excludes halogenated alkanes) is 2. The van der Waals surface area contributed by atoms with Crippen LogP contribution in [0.15, 0.2) is 0 Å². The highest BCUT2D eigenvalue weighted by Gasteiger charge is 2.22. The summed E-state index contributed by atoms with van der Waals surface area (Å²) in [5.74, 6) is 0. The lowest BCUT2D eigenvalue weighted by Gasteiger charge is -2.18. The zero-order chi connectivity index (χ0) is 14.5. The Morgan fingerprint density at radius 2 is 1.45 bits per heavy atom. The quantitative estimate of drug-likeness (QED) is 0.329. The largest absolute Gasteiger partial charge is 0.566 e. The van der Waals surface area contributed by atoms with Crippen molar-refractivity contribution in [1.82, 2.24) is 0 Å². The first-order valence-corrected chi connectivity index (χ1v) is 11.2. The first-order chi connectivity index (χ1) is 9.86. The van der Waals surface area contributed by atoms with Crippen molar-refractivity contribution in [2.75, 3.05) is 13.2 Å². The van der Waals surface area contributed by atoms with Crippen molar-refractivity contribution in [3.63, 3.8) is 0 Å². The van der Waals surface area contributed by atoms with Gasteiger partial charge in [0.25, 0.3) is 0 Å². The minimum Gasteiger partial charge on any atom is -0.419 e. The average Bonchev–Trinajstić information content (AvgIpc) is 2.73. The van der Waals surface area contributed by atoms with E-state index in [1.54, 1.807) is 0 Å². The predicted octanol–water partition coefficient (Wildman–Crippen LogP) is 3.85.